The molecule has 3 nitrogen and oxygen atoms in total. The molecule has 0 aliphatic rings. The number of methoxy groups -OCH3 is 1. The second-order valence-corrected chi connectivity index (χ2v) is 3.16. The molecule has 0 N–H and O–H groups in total. The van der Waals surface area contributed by atoms with Gasteiger partial charge < -0.3 is 9.64 Å². The van der Waals surface area contributed by atoms with E-state index >= 15 is 0 Å². The summed E-state index contributed by atoms with van der Waals surface area (Å²) in [5.74, 6) is 0.850. The molecule has 0 unspecified atom stereocenters. The van der Waals surface area contributed by atoms with Crippen molar-refractivity contribution in [1.82, 2.24) is 0 Å². The van der Waals surface area contributed by atoms with Crippen molar-refractivity contribution in [2.45, 2.75) is 20.3 Å². The molecule has 0 aromatic heterocycles. The lowest BCUT2D eigenvalue weighted by Crippen LogP contribution is -2.30. The van der Waals surface area contributed by atoms with E-state index in [-0.39, 0.29) is 5.91 Å². The van der Waals surface area contributed by atoms with Gasteiger partial charge in [0.1, 0.15) is 5.75 Å². The van der Waals surface area contributed by atoms with Crippen LogP contribution in [-0.2, 0) is 4.79 Å². The summed E-state index contributed by atoms with van der Waals surface area (Å²) < 4.78 is 5.23. The van der Waals surface area contributed by atoms with E-state index in [0.29, 0.717) is 13.0 Å². The van der Waals surface area contributed by atoms with Crippen molar-refractivity contribution in [1.29, 1.82) is 0 Å². The lowest BCUT2D eigenvalue weighted by atomic mass is 10.2. The predicted octanol–water partition coefficient (Wildman–Crippen LogP) is 2.46. The van der Waals surface area contributed by atoms with E-state index in [1.165, 1.54) is 0 Å². The maximum absolute atomic E-state index is 11.7. The fraction of sp³-hybridized carbons (Fsp3) is 0.417. The molecule has 1 rings (SSSR count). The number of nitrogens with zero attached hydrogens (tertiary/aromatic N) is 1. The van der Waals surface area contributed by atoms with E-state index in [1.807, 2.05) is 38.1 Å². The molecular weight excluding hydrogens is 190 g/mol. The second-order valence-electron chi connectivity index (χ2n) is 3.16. The van der Waals surface area contributed by atoms with Crippen molar-refractivity contribution in [3.8, 4) is 5.75 Å². The average molecular weight is 207 g/mol. The molecule has 0 aliphatic carbocycles. The van der Waals surface area contributed by atoms with Crippen LogP contribution in [0.25, 0.3) is 0 Å². The fourth-order valence-corrected chi connectivity index (χ4v) is 1.52. The number of ether oxygens (including phenoxy) is 1. The minimum Gasteiger partial charge on any atom is -0.495 e. The van der Waals surface area contributed by atoms with Crippen LogP contribution < -0.4 is 9.64 Å². The molecule has 15 heavy (non-hydrogen) atoms. The minimum atomic E-state index is 0.113. The third-order valence-electron chi connectivity index (χ3n) is 2.30. The summed E-state index contributed by atoms with van der Waals surface area (Å²) in [5, 5.41) is 0. The molecular formula is C12H17NO2. The summed E-state index contributed by atoms with van der Waals surface area (Å²) in [6.45, 7) is 4.48. The predicted molar refractivity (Wildman–Crippen MR) is 61.3 cm³/mol. The van der Waals surface area contributed by atoms with E-state index < -0.39 is 0 Å². The molecule has 0 saturated carbocycles. The third kappa shape index (κ3) is 2.49. The SMILES string of the molecule is CCC(=O)N(CC)c1ccccc1OC. The molecule has 0 saturated heterocycles. The monoisotopic (exact) mass is 207 g/mol. The van der Waals surface area contributed by atoms with Crippen LogP contribution in [-0.4, -0.2) is 19.6 Å². The first-order valence-corrected chi connectivity index (χ1v) is 5.18. The van der Waals surface area contributed by atoms with Gasteiger partial charge in [0.2, 0.25) is 5.91 Å². The van der Waals surface area contributed by atoms with Crippen LogP contribution in [0.4, 0.5) is 5.69 Å². The average Bonchev–Trinajstić information content (AvgIpc) is 2.30. The van der Waals surface area contributed by atoms with Crippen molar-refractivity contribution in [3.63, 3.8) is 0 Å². The Kier molecular flexibility index (Phi) is 4.16. The topological polar surface area (TPSA) is 29.5 Å². The van der Waals surface area contributed by atoms with Crippen LogP contribution in [0.15, 0.2) is 24.3 Å². The number of hydrogen-bond donors (Lipinski definition) is 0. The van der Waals surface area contributed by atoms with E-state index in [4.69, 9.17) is 4.74 Å². The molecule has 82 valence electrons. The Morgan fingerprint density at radius 2 is 2.00 bits per heavy atom. The number of benzene rings is 1. The van der Waals surface area contributed by atoms with Gasteiger partial charge in [-0.1, -0.05) is 19.1 Å². The summed E-state index contributed by atoms with van der Waals surface area (Å²) in [6, 6.07) is 7.56. The van der Waals surface area contributed by atoms with E-state index in [9.17, 15) is 4.79 Å². The first-order valence-electron chi connectivity index (χ1n) is 5.18. The fourth-order valence-electron chi connectivity index (χ4n) is 1.52. The van der Waals surface area contributed by atoms with Gasteiger partial charge >= 0.3 is 0 Å². The highest BCUT2D eigenvalue weighted by atomic mass is 16.5. The Morgan fingerprint density at radius 1 is 1.33 bits per heavy atom. The summed E-state index contributed by atoms with van der Waals surface area (Å²) in [4.78, 5) is 13.4. The molecule has 1 amide bonds. The molecule has 0 spiro atoms. The number of amides is 1. The van der Waals surface area contributed by atoms with Crippen molar-refractivity contribution in [3.05, 3.63) is 24.3 Å². The van der Waals surface area contributed by atoms with Gasteiger partial charge in [0, 0.05) is 13.0 Å². The molecule has 0 heterocycles. The molecule has 1 aromatic carbocycles. The normalized spacial score (nSPS) is 9.80. The Bertz CT molecular complexity index is 336. The van der Waals surface area contributed by atoms with Crippen LogP contribution in [0.3, 0.4) is 0 Å². The lowest BCUT2D eigenvalue weighted by molar-refractivity contribution is -0.118. The Morgan fingerprint density at radius 3 is 2.53 bits per heavy atom. The van der Waals surface area contributed by atoms with E-state index in [2.05, 4.69) is 0 Å². The van der Waals surface area contributed by atoms with Gasteiger partial charge in [-0.2, -0.15) is 0 Å². The first-order chi connectivity index (χ1) is 7.24. The smallest absolute Gasteiger partial charge is 0.226 e. The van der Waals surface area contributed by atoms with E-state index in [1.54, 1.807) is 12.0 Å². The Labute approximate surface area is 90.7 Å². The quantitative estimate of drug-likeness (QED) is 0.759. The van der Waals surface area contributed by atoms with Gasteiger partial charge in [-0.25, -0.2) is 0 Å². The maximum Gasteiger partial charge on any atom is 0.226 e. The molecule has 0 radical (unpaired) electrons. The highest BCUT2D eigenvalue weighted by molar-refractivity contribution is 5.94. The van der Waals surface area contributed by atoms with Crippen molar-refractivity contribution < 1.29 is 9.53 Å². The number of carbonyl (C=O) groups is 1. The molecule has 3 heteroatoms. The molecule has 1 aromatic rings. The zero-order chi connectivity index (χ0) is 11.3. The molecule has 0 aliphatic heterocycles. The van der Waals surface area contributed by atoms with Gasteiger partial charge in [0.25, 0.3) is 0 Å². The summed E-state index contributed by atoms with van der Waals surface area (Å²) in [6.07, 6.45) is 0.506. The van der Waals surface area contributed by atoms with Crippen molar-refractivity contribution in [2.75, 3.05) is 18.6 Å². The Hall–Kier alpha value is -1.51. The largest absolute Gasteiger partial charge is 0.495 e. The number of hydrogen-bond acceptors (Lipinski definition) is 2. The van der Waals surface area contributed by atoms with Gasteiger partial charge in [-0.05, 0) is 19.1 Å². The minimum absolute atomic E-state index is 0.113. The van der Waals surface area contributed by atoms with Gasteiger partial charge in [-0.3, -0.25) is 4.79 Å². The van der Waals surface area contributed by atoms with E-state index in [0.717, 1.165) is 11.4 Å². The third-order valence-corrected chi connectivity index (χ3v) is 2.30. The van der Waals surface area contributed by atoms with Gasteiger partial charge in [0.15, 0.2) is 0 Å². The Balaban J connectivity index is 3.05. The van der Waals surface area contributed by atoms with Crippen LogP contribution in [0.5, 0.6) is 5.75 Å². The number of rotatable bonds is 4. The first kappa shape index (κ1) is 11.6. The highest BCUT2D eigenvalue weighted by Gasteiger charge is 2.15. The zero-order valence-electron chi connectivity index (χ0n) is 9.49. The standard InChI is InChI=1S/C12H17NO2/c1-4-12(14)13(5-2)10-8-6-7-9-11(10)15-3/h6-9H,4-5H2,1-3H3. The highest BCUT2D eigenvalue weighted by Crippen LogP contribution is 2.27. The molecule has 0 fully saturated rings. The van der Waals surface area contributed by atoms with Crippen LogP contribution in [0.1, 0.15) is 20.3 Å². The number of anilines is 1. The summed E-state index contributed by atoms with van der Waals surface area (Å²) in [7, 11) is 1.61. The van der Waals surface area contributed by atoms with Crippen LogP contribution in [0.2, 0.25) is 0 Å². The van der Waals surface area contributed by atoms with Crippen molar-refractivity contribution in [2.24, 2.45) is 0 Å². The summed E-state index contributed by atoms with van der Waals surface area (Å²) in [5.41, 5.74) is 0.842. The van der Waals surface area contributed by atoms with Gasteiger partial charge in [-0.15, -0.1) is 0 Å². The molecule has 0 bridgehead atoms. The van der Waals surface area contributed by atoms with Gasteiger partial charge in [0.05, 0.1) is 12.8 Å². The second kappa shape index (κ2) is 5.39. The number of carbonyl (C=O) groups excluding carboxylic acids is 1. The summed E-state index contributed by atoms with van der Waals surface area (Å²) >= 11 is 0. The maximum atomic E-state index is 11.7. The van der Waals surface area contributed by atoms with Crippen LogP contribution >= 0.6 is 0 Å². The van der Waals surface area contributed by atoms with Crippen LogP contribution in [0, 0.1) is 0 Å². The molecule has 0 atom stereocenters. The van der Waals surface area contributed by atoms with Crippen molar-refractivity contribution >= 4 is 11.6 Å². The zero-order valence-corrected chi connectivity index (χ0v) is 9.49. The lowest BCUT2D eigenvalue weighted by Gasteiger charge is -2.22. The number of para-hydroxylation sites is 2.